The van der Waals surface area contributed by atoms with Gasteiger partial charge in [-0.15, -0.1) is 0 Å². The van der Waals surface area contributed by atoms with E-state index in [4.69, 9.17) is 9.47 Å². The van der Waals surface area contributed by atoms with E-state index in [2.05, 4.69) is 32.9 Å². The molecule has 0 amide bonds. The second kappa shape index (κ2) is 12.4. The van der Waals surface area contributed by atoms with Gasteiger partial charge in [0.2, 0.25) is 0 Å². The van der Waals surface area contributed by atoms with Crippen LogP contribution >= 0.6 is 0 Å². The maximum Gasteiger partial charge on any atom is 0.0921 e. The standard InChI is InChI=1S/C30H54O6/c1-21(2)11-9-17-27(5,32)23(31)15-19-29(7,34)24-13-14-26(35-24)30(8)20-16-25(36-30)28(6,33)18-10-12-22(3)4/h11-12,23-26,31-34H,9-10,13-20H2,1-8H3/t23-,24+,25+,26-,27+,28-,29-,30+/m0/s1. The van der Waals surface area contributed by atoms with Crippen molar-refractivity contribution >= 4 is 0 Å². The maximum absolute atomic E-state index is 11.2. The summed E-state index contributed by atoms with van der Waals surface area (Å²) in [5, 5.41) is 43.7. The first-order valence-electron chi connectivity index (χ1n) is 13.9. The van der Waals surface area contributed by atoms with Gasteiger partial charge in [0.25, 0.3) is 0 Å². The van der Waals surface area contributed by atoms with Crippen LogP contribution in [-0.4, -0.2) is 67.2 Å². The van der Waals surface area contributed by atoms with Crippen LogP contribution in [0.2, 0.25) is 0 Å². The Balaban J connectivity index is 1.90. The molecule has 6 nitrogen and oxygen atoms in total. The first-order valence-corrected chi connectivity index (χ1v) is 13.9. The third-order valence-corrected chi connectivity index (χ3v) is 8.45. The van der Waals surface area contributed by atoms with E-state index in [-0.39, 0.29) is 18.3 Å². The lowest BCUT2D eigenvalue weighted by atomic mass is 9.84. The summed E-state index contributed by atoms with van der Waals surface area (Å²) in [5.74, 6) is 0. The summed E-state index contributed by atoms with van der Waals surface area (Å²) in [7, 11) is 0. The van der Waals surface area contributed by atoms with Crippen molar-refractivity contribution in [1.29, 1.82) is 0 Å². The van der Waals surface area contributed by atoms with Crippen molar-refractivity contribution in [2.75, 3.05) is 0 Å². The van der Waals surface area contributed by atoms with Crippen molar-refractivity contribution in [1.82, 2.24) is 0 Å². The largest absolute Gasteiger partial charge is 0.390 e. The molecule has 0 aromatic heterocycles. The molecule has 0 bridgehead atoms. The third-order valence-electron chi connectivity index (χ3n) is 8.45. The topological polar surface area (TPSA) is 99.4 Å². The van der Waals surface area contributed by atoms with Crippen molar-refractivity contribution in [2.45, 2.75) is 166 Å². The van der Waals surface area contributed by atoms with E-state index >= 15 is 0 Å². The predicted octanol–water partition coefficient (Wildman–Crippen LogP) is 5.36. The molecule has 0 saturated carbocycles. The molecule has 6 heteroatoms. The third kappa shape index (κ3) is 8.64. The molecule has 0 aromatic rings. The monoisotopic (exact) mass is 510 g/mol. The fourth-order valence-electron chi connectivity index (χ4n) is 5.61. The normalized spacial score (nSPS) is 32.3. The van der Waals surface area contributed by atoms with Gasteiger partial charge >= 0.3 is 0 Å². The van der Waals surface area contributed by atoms with Crippen LogP contribution in [0, 0.1) is 0 Å². The van der Waals surface area contributed by atoms with Crippen LogP contribution in [-0.2, 0) is 9.47 Å². The zero-order valence-corrected chi connectivity index (χ0v) is 24.1. The van der Waals surface area contributed by atoms with Crippen LogP contribution < -0.4 is 0 Å². The van der Waals surface area contributed by atoms with E-state index in [1.54, 1.807) is 13.8 Å². The van der Waals surface area contributed by atoms with Gasteiger partial charge in [-0.1, -0.05) is 23.3 Å². The molecule has 0 radical (unpaired) electrons. The van der Waals surface area contributed by atoms with Gasteiger partial charge in [0.05, 0.1) is 46.8 Å². The van der Waals surface area contributed by atoms with E-state index in [0.717, 1.165) is 25.7 Å². The van der Waals surface area contributed by atoms with Gasteiger partial charge in [0.1, 0.15) is 0 Å². The molecule has 2 rings (SSSR count). The van der Waals surface area contributed by atoms with Crippen LogP contribution in [0.3, 0.4) is 0 Å². The Labute approximate surface area is 219 Å². The molecule has 2 heterocycles. The Kier molecular flexibility index (Phi) is 10.8. The van der Waals surface area contributed by atoms with E-state index < -0.39 is 28.5 Å². The number of hydrogen-bond donors (Lipinski definition) is 4. The molecule has 0 spiro atoms. The number of rotatable bonds is 13. The molecule has 2 fully saturated rings. The van der Waals surface area contributed by atoms with Crippen LogP contribution in [0.25, 0.3) is 0 Å². The smallest absolute Gasteiger partial charge is 0.0921 e. The van der Waals surface area contributed by atoms with Gasteiger partial charge in [-0.05, 0) is 120 Å². The second-order valence-electron chi connectivity index (χ2n) is 12.9. The second-order valence-corrected chi connectivity index (χ2v) is 12.9. The molecular formula is C30H54O6. The Bertz CT molecular complexity index is 759. The van der Waals surface area contributed by atoms with Crippen LogP contribution in [0.4, 0.5) is 0 Å². The van der Waals surface area contributed by atoms with Gasteiger partial charge < -0.3 is 29.9 Å². The van der Waals surface area contributed by atoms with Crippen molar-refractivity contribution in [2.24, 2.45) is 0 Å². The predicted molar refractivity (Wildman–Crippen MR) is 145 cm³/mol. The zero-order chi connectivity index (χ0) is 27.4. The summed E-state index contributed by atoms with van der Waals surface area (Å²) in [6.07, 6.45) is 8.92. The van der Waals surface area contributed by atoms with Gasteiger partial charge in [0.15, 0.2) is 0 Å². The van der Waals surface area contributed by atoms with Gasteiger partial charge in [-0.2, -0.15) is 0 Å². The Morgan fingerprint density at radius 3 is 2.00 bits per heavy atom. The van der Waals surface area contributed by atoms with Crippen molar-refractivity contribution < 1.29 is 29.9 Å². The lowest BCUT2D eigenvalue weighted by molar-refractivity contribution is -0.185. The molecule has 8 atom stereocenters. The molecular weight excluding hydrogens is 456 g/mol. The first kappa shape index (κ1) is 31.5. The molecule has 2 aliphatic rings. The minimum atomic E-state index is -1.20. The number of ether oxygens (including phenoxy) is 2. The van der Waals surface area contributed by atoms with Gasteiger partial charge in [-0.3, -0.25) is 0 Å². The minimum Gasteiger partial charge on any atom is -0.390 e. The molecule has 0 unspecified atom stereocenters. The number of aliphatic hydroxyl groups is 4. The average molecular weight is 511 g/mol. The number of hydrogen-bond acceptors (Lipinski definition) is 6. The summed E-state index contributed by atoms with van der Waals surface area (Å²) in [4.78, 5) is 0. The van der Waals surface area contributed by atoms with Gasteiger partial charge in [-0.25, -0.2) is 0 Å². The molecule has 0 aliphatic carbocycles. The molecule has 0 aromatic carbocycles. The molecule has 4 N–H and O–H groups in total. The van der Waals surface area contributed by atoms with Crippen molar-refractivity contribution in [3.63, 3.8) is 0 Å². The van der Waals surface area contributed by atoms with Crippen molar-refractivity contribution in [3.05, 3.63) is 23.3 Å². The average Bonchev–Trinajstić information content (AvgIpc) is 3.40. The summed E-state index contributed by atoms with van der Waals surface area (Å²) in [6, 6.07) is 0. The highest BCUT2D eigenvalue weighted by Crippen LogP contribution is 2.45. The summed E-state index contributed by atoms with van der Waals surface area (Å²) < 4.78 is 12.8. The minimum absolute atomic E-state index is 0.148. The summed E-state index contributed by atoms with van der Waals surface area (Å²) in [5.41, 5.74) is -1.27. The Hall–Kier alpha value is -0.760. The van der Waals surface area contributed by atoms with E-state index in [1.165, 1.54) is 11.1 Å². The summed E-state index contributed by atoms with van der Waals surface area (Å²) >= 11 is 0. The fourth-order valence-corrected chi connectivity index (χ4v) is 5.61. The number of aliphatic hydroxyl groups excluding tert-OH is 1. The van der Waals surface area contributed by atoms with Crippen LogP contribution in [0.15, 0.2) is 23.3 Å². The van der Waals surface area contributed by atoms with E-state index in [1.807, 2.05) is 20.8 Å². The lowest BCUT2D eigenvalue weighted by Crippen LogP contribution is -2.47. The quantitative estimate of drug-likeness (QED) is 0.249. The molecule has 36 heavy (non-hydrogen) atoms. The summed E-state index contributed by atoms with van der Waals surface area (Å²) in [6.45, 7) is 15.5. The zero-order valence-electron chi connectivity index (χ0n) is 24.1. The molecule has 2 saturated heterocycles. The van der Waals surface area contributed by atoms with Crippen LogP contribution in [0.5, 0.6) is 0 Å². The van der Waals surface area contributed by atoms with Crippen molar-refractivity contribution in [3.8, 4) is 0 Å². The van der Waals surface area contributed by atoms with Crippen LogP contribution in [0.1, 0.15) is 120 Å². The Morgan fingerprint density at radius 1 is 0.861 bits per heavy atom. The number of allylic oxidation sites excluding steroid dienone is 4. The molecule has 2 aliphatic heterocycles. The van der Waals surface area contributed by atoms with Gasteiger partial charge in [0, 0.05) is 0 Å². The Morgan fingerprint density at radius 2 is 1.42 bits per heavy atom. The highest BCUT2D eigenvalue weighted by Gasteiger charge is 2.52. The SMILES string of the molecule is CC(C)=CCC[C@](C)(O)[C@H]1CC[C@](C)([C@@H]2CC[C@H]([C@@](C)(O)CC[C@H](O)[C@](C)(O)CCC=C(C)C)O2)O1. The van der Waals surface area contributed by atoms with E-state index in [9.17, 15) is 20.4 Å². The highest BCUT2D eigenvalue weighted by molar-refractivity contribution is 5.03. The fraction of sp³-hybridized carbons (Fsp3) is 0.867. The van der Waals surface area contributed by atoms with E-state index in [0.29, 0.717) is 38.5 Å². The maximum atomic E-state index is 11.2. The lowest BCUT2D eigenvalue weighted by Gasteiger charge is -2.37. The first-order chi connectivity index (χ1) is 16.5. The highest BCUT2D eigenvalue weighted by atomic mass is 16.6. The molecule has 210 valence electrons.